The molecule has 0 unspecified atom stereocenters. The molecule has 8 heteroatoms. The largest absolute Gasteiger partial charge is 0.415 e. The van der Waals surface area contributed by atoms with Gasteiger partial charge in [-0.25, -0.2) is 0 Å². The highest BCUT2D eigenvalue weighted by Crippen LogP contribution is 2.15. The highest BCUT2D eigenvalue weighted by molar-refractivity contribution is 7.99. The van der Waals surface area contributed by atoms with Gasteiger partial charge in [0.1, 0.15) is 0 Å². The molecule has 2 N–H and O–H groups in total. The van der Waals surface area contributed by atoms with Crippen molar-refractivity contribution in [1.29, 1.82) is 0 Å². The van der Waals surface area contributed by atoms with Gasteiger partial charge >= 0.3 is 0 Å². The fourth-order valence-corrected chi connectivity index (χ4v) is 1.66. The molecule has 7 nitrogen and oxygen atoms in total. The third-order valence-electron chi connectivity index (χ3n) is 1.88. The van der Waals surface area contributed by atoms with E-state index in [0.717, 1.165) is 5.75 Å². The molecular weight excluding hydrogens is 258 g/mol. The van der Waals surface area contributed by atoms with E-state index in [1.165, 1.54) is 11.8 Å². The number of hydrogen-bond donors (Lipinski definition) is 1. The number of methoxy groups -OCH3 is 1. The first-order valence-corrected chi connectivity index (χ1v) is 6.65. The molecule has 1 heterocycles. The quantitative estimate of drug-likeness (QED) is 0.456. The number of hydrogen-bond acceptors (Lipinski definition) is 8. The Morgan fingerprint density at radius 3 is 2.50 bits per heavy atom. The second kappa shape index (κ2) is 10.3. The van der Waals surface area contributed by atoms with Gasteiger partial charge in [0.25, 0.3) is 5.22 Å². The lowest BCUT2D eigenvalue weighted by Gasteiger charge is -2.04. The van der Waals surface area contributed by atoms with Gasteiger partial charge in [-0.15, -0.1) is 10.2 Å². The molecule has 1 aromatic rings. The highest BCUT2D eigenvalue weighted by Gasteiger charge is 2.04. The first kappa shape index (κ1) is 15.4. The summed E-state index contributed by atoms with van der Waals surface area (Å²) < 4.78 is 20.7. The molecule has 0 atom stereocenters. The van der Waals surface area contributed by atoms with Crippen molar-refractivity contribution in [2.45, 2.75) is 11.8 Å². The summed E-state index contributed by atoms with van der Waals surface area (Å²) in [6.07, 6.45) is 0. The zero-order valence-electron chi connectivity index (χ0n) is 10.5. The maximum Gasteiger partial charge on any atom is 0.276 e. The van der Waals surface area contributed by atoms with Crippen LogP contribution in [-0.4, -0.2) is 56.1 Å². The minimum Gasteiger partial charge on any atom is -0.415 e. The van der Waals surface area contributed by atoms with E-state index in [4.69, 9.17) is 24.4 Å². The van der Waals surface area contributed by atoms with E-state index in [9.17, 15) is 0 Å². The Bertz CT molecular complexity index is 311. The molecule has 0 bridgehead atoms. The average molecular weight is 277 g/mol. The van der Waals surface area contributed by atoms with Gasteiger partial charge in [0, 0.05) is 12.9 Å². The van der Waals surface area contributed by atoms with Gasteiger partial charge in [0.05, 0.1) is 39.6 Å². The molecule has 0 aliphatic carbocycles. The van der Waals surface area contributed by atoms with Gasteiger partial charge in [-0.1, -0.05) is 11.8 Å². The predicted molar refractivity (Wildman–Crippen MR) is 66.4 cm³/mol. The van der Waals surface area contributed by atoms with Crippen LogP contribution in [0.1, 0.15) is 5.89 Å². The molecule has 0 radical (unpaired) electrons. The standard InChI is InChI=1S/C10H19N3O4S/c1-14-2-3-15-4-5-16-6-7-18-10-13-12-9(8-11)17-10/h2-8,11H2,1H3. The number of thioether (sulfide) groups is 1. The SMILES string of the molecule is COCCOCCOCCSc1nnc(CN)o1. The molecule has 0 fully saturated rings. The molecule has 18 heavy (non-hydrogen) atoms. The van der Waals surface area contributed by atoms with E-state index in [1.54, 1.807) is 7.11 Å². The van der Waals surface area contributed by atoms with Gasteiger partial charge in [0.2, 0.25) is 5.89 Å². The number of nitrogens with zero attached hydrogens (tertiary/aromatic N) is 2. The summed E-state index contributed by atoms with van der Waals surface area (Å²) >= 11 is 1.45. The number of aromatic nitrogens is 2. The van der Waals surface area contributed by atoms with Crippen LogP contribution < -0.4 is 5.73 Å². The smallest absolute Gasteiger partial charge is 0.276 e. The minimum atomic E-state index is 0.267. The van der Waals surface area contributed by atoms with E-state index < -0.39 is 0 Å². The molecule has 0 aliphatic rings. The van der Waals surface area contributed by atoms with Crippen LogP contribution in [0.4, 0.5) is 0 Å². The van der Waals surface area contributed by atoms with Gasteiger partial charge in [-0.2, -0.15) is 0 Å². The van der Waals surface area contributed by atoms with Crippen LogP contribution in [0.5, 0.6) is 0 Å². The monoisotopic (exact) mass is 277 g/mol. The lowest BCUT2D eigenvalue weighted by molar-refractivity contribution is 0.0286. The van der Waals surface area contributed by atoms with E-state index >= 15 is 0 Å². The van der Waals surface area contributed by atoms with Crippen LogP contribution in [-0.2, 0) is 20.8 Å². The molecule has 0 aliphatic heterocycles. The number of rotatable bonds is 11. The molecule has 1 aromatic heterocycles. The lowest BCUT2D eigenvalue weighted by Crippen LogP contribution is -2.09. The van der Waals surface area contributed by atoms with Crippen LogP contribution in [0.3, 0.4) is 0 Å². The summed E-state index contributed by atoms with van der Waals surface area (Å²) in [5.74, 6) is 1.20. The minimum absolute atomic E-state index is 0.267. The third kappa shape index (κ3) is 6.92. The van der Waals surface area contributed by atoms with Crippen LogP contribution in [0.25, 0.3) is 0 Å². The van der Waals surface area contributed by atoms with E-state index in [2.05, 4.69) is 10.2 Å². The second-order valence-corrected chi connectivity index (χ2v) is 4.28. The van der Waals surface area contributed by atoms with Crippen molar-refractivity contribution in [3.05, 3.63) is 5.89 Å². The normalized spacial score (nSPS) is 11.0. The topological polar surface area (TPSA) is 92.6 Å². The Labute approximate surface area is 110 Å². The summed E-state index contributed by atoms with van der Waals surface area (Å²) in [5.41, 5.74) is 5.35. The Hall–Kier alpha value is -0.670. The summed E-state index contributed by atoms with van der Waals surface area (Å²) in [4.78, 5) is 0. The van der Waals surface area contributed by atoms with Gasteiger partial charge < -0.3 is 24.4 Å². The molecule has 0 saturated heterocycles. The Morgan fingerprint density at radius 2 is 1.83 bits per heavy atom. The van der Waals surface area contributed by atoms with Gasteiger partial charge in [0.15, 0.2) is 0 Å². The Morgan fingerprint density at radius 1 is 1.11 bits per heavy atom. The summed E-state index contributed by atoms with van der Waals surface area (Å²) in [7, 11) is 1.64. The van der Waals surface area contributed by atoms with Crippen molar-refractivity contribution in [3.63, 3.8) is 0 Å². The molecule has 104 valence electrons. The van der Waals surface area contributed by atoms with Crippen LogP contribution >= 0.6 is 11.8 Å². The van der Waals surface area contributed by atoms with E-state index in [-0.39, 0.29) is 6.54 Å². The van der Waals surface area contributed by atoms with Crippen LogP contribution in [0.2, 0.25) is 0 Å². The highest BCUT2D eigenvalue weighted by atomic mass is 32.2. The zero-order valence-corrected chi connectivity index (χ0v) is 11.3. The van der Waals surface area contributed by atoms with Crippen molar-refractivity contribution < 1.29 is 18.6 Å². The number of nitrogens with two attached hydrogens (primary N) is 1. The zero-order chi connectivity index (χ0) is 13.1. The van der Waals surface area contributed by atoms with Crippen molar-refractivity contribution >= 4 is 11.8 Å². The van der Waals surface area contributed by atoms with Crippen molar-refractivity contribution in [2.24, 2.45) is 5.73 Å². The van der Waals surface area contributed by atoms with E-state index in [1.807, 2.05) is 0 Å². The number of ether oxygens (including phenoxy) is 3. The summed E-state index contributed by atoms with van der Waals surface area (Å²) in [6, 6.07) is 0. The fourth-order valence-electron chi connectivity index (χ4n) is 1.03. The molecule has 1 rings (SSSR count). The maximum absolute atomic E-state index is 5.37. The van der Waals surface area contributed by atoms with Crippen molar-refractivity contribution in [1.82, 2.24) is 10.2 Å². The van der Waals surface area contributed by atoms with Gasteiger partial charge in [-0.3, -0.25) is 0 Å². The molecule has 0 spiro atoms. The van der Waals surface area contributed by atoms with Gasteiger partial charge in [-0.05, 0) is 0 Å². The van der Waals surface area contributed by atoms with E-state index in [0.29, 0.717) is 44.1 Å². The van der Waals surface area contributed by atoms with Crippen LogP contribution in [0, 0.1) is 0 Å². The van der Waals surface area contributed by atoms with Crippen molar-refractivity contribution in [2.75, 3.05) is 45.9 Å². The third-order valence-corrected chi connectivity index (χ3v) is 2.66. The maximum atomic E-state index is 5.37. The summed E-state index contributed by atoms with van der Waals surface area (Å²) in [5, 5.41) is 8.11. The Balaban J connectivity index is 1.89. The predicted octanol–water partition coefficient (Wildman–Crippen LogP) is 0.300. The fraction of sp³-hybridized carbons (Fsp3) is 0.800. The Kier molecular flexibility index (Phi) is 8.78. The lowest BCUT2D eigenvalue weighted by atomic mass is 10.7. The molecule has 0 saturated carbocycles. The second-order valence-electron chi connectivity index (χ2n) is 3.23. The molecule has 0 aromatic carbocycles. The van der Waals surface area contributed by atoms with Crippen molar-refractivity contribution in [3.8, 4) is 0 Å². The summed E-state index contributed by atoms with van der Waals surface area (Å²) in [6.45, 7) is 3.23. The molecule has 0 amide bonds. The van der Waals surface area contributed by atoms with Crippen LogP contribution in [0.15, 0.2) is 9.64 Å². The first-order chi connectivity index (χ1) is 8.86. The first-order valence-electron chi connectivity index (χ1n) is 5.66. The molecular formula is C10H19N3O4S. The average Bonchev–Trinajstić information content (AvgIpc) is 2.85.